The molecule has 0 fully saturated rings. The lowest BCUT2D eigenvalue weighted by Gasteiger charge is -2.29. The van der Waals surface area contributed by atoms with Crippen molar-refractivity contribution in [1.29, 1.82) is 0 Å². The second-order valence-electron chi connectivity index (χ2n) is 4.96. The van der Waals surface area contributed by atoms with E-state index in [2.05, 4.69) is 36.7 Å². The predicted molar refractivity (Wildman–Crippen MR) is 78.9 cm³/mol. The SMILES string of the molecule is CCOc1ccc(Br)cc1[C@@H](N)C(C)(C)C.Cl. The molecule has 0 saturated carbocycles. The Morgan fingerprint density at radius 3 is 2.41 bits per heavy atom. The van der Waals surface area contributed by atoms with Gasteiger partial charge in [-0.25, -0.2) is 0 Å². The van der Waals surface area contributed by atoms with Crippen molar-refractivity contribution >= 4 is 28.3 Å². The zero-order valence-electron chi connectivity index (χ0n) is 10.8. The Hall–Kier alpha value is -0.250. The highest BCUT2D eigenvalue weighted by atomic mass is 79.9. The molecule has 0 aromatic heterocycles. The summed E-state index contributed by atoms with van der Waals surface area (Å²) in [6.45, 7) is 9.04. The highest BCUT2D eigenvalue weighted by Crippen LogP contribution is 2.36. The van der Waals surface area contributed by atoms with Gasteiger partial charge < -0.3 is 10.5 Å². The molecule has 98 valence electrons. The highest BCUT2D eigenvalue weighted by Gasteiger charge is 2.25. The lowest BCUT2D eigenvalue weighted by molar-refractivity contribution is 0.298. The van der Waals surface area contributed by atoms with Gasteiger partial charge in [-0.3, -0.25) is 0 Å². The molecule has 0 aliphatic carbocycles. The van der Waals surface area contributed by atoms with Crippen LogP contribution in [0, 0.1) is 5.41 Å². The summed E-state index contributed by atoms with van der Waals surface area (Å²) in [4.78, 5) is 0. The van der Waals surface area contributed by atoms with Gasteiger partial charge in [0.1, 0.15) is 5.75 Å². The molecule has 1 aromatic carbocycles. The van der Waals surface area contributed by atoms with Gasteiger partial charge in [0.15, 0.2) is 0 Å². The molecule has 0 bridgehead atoms. The number of nitrogens with two attached hydrogens (primary N) is 1. The standard InChI is InChI=1S/C13H20BrNO.ClH/c1-5-16-11-7-6-9(14)8-10(11)12(15)13(2,3)4;/h6-8,12H,5,15H2,1-4H3;1H/t12-;/m1./s1. The Kier molecular flexibility index (Phi) is 6.52. The van der Waals surface area contributed by atoms with E-state index in [0.29, 0.717) is 6.61 Å². The number of halogens is 2. The number of benzene rings is 1. The van der Waals surface area contributed by atoms with Crippen LogP contribution in [0.15, 0.2) is 22.7 Å². The van der Waals surface area contributed by atoms with Crippen LogP contribution in [0.5, 0.6) is 5.75 Å². The second kappa shape index (κ2) is 6.62. The number of hydrogen-bond acceptors (Lipinski definition) is 2. The van der Waals surface area contributed by atoms with E-state index in [1.165, 1.54) is 0 Å². The summed E-state index contributed by atoms with van der Waals surface area (Å²) in [7, 11) is 0. The fraction of sp³-hybridized carbons (Fsp3) is 0.538. The van der Waals surface area contributed by atoms with Crippen LogP contribution in [0.3, 0.4) is 0 Å². The maximum atomic E-state index is 6.27. The van der Waals surface area contributed by atoms with Gasteiger partial charge in [0.25, 0.3) is 0 Å². The zero-order valence-corrected chi connectivity index (χ0v) is 13.2. The molecule has 0 amide bonds. The van der Waals surface area contributed by atoms with Crippen molar-refractivity contribution in [3.05, 3.63) is 28.2 Å². The molecule has 4 heteroatoms. The maximum absolute atomic E-state index is 6.27. The van der Waals surface area contributed by atoms with Crippen LogP contribution >= 0.6 is 28.3 Å². The molecule has 2 nitrogen and oxygen atoms in total. The van der Waals surface area contributed by atoms with Gasteiger partial charge in [0.2, 0.25) is 0 Å². The minimum absolute atomic E-state index is 0. The van der Waals surface area contributed by atoms with Crippen LogP contribution < -0.4 is 10.5 Å². The first-order valence-corrected chi connectivity index (χ1v) is 6.33. The average Bonchev–Trinajstić information content (AvgIpc) is 2.18. The van der Waals surface area contributed by atoms with E-state index >= 15 is 0 Å². The van der Waals surface area contributed by atoms with E-state index in [4.69, 9.17) is 10.5 Å². The predicted octanol–water partition coefficient (Wildman–Crippen LogP) is 4.32. The summed E-state index contributed by atoms with van der Waals surface area (Å²) in [6, 6.07) is 5.95. The number of rotatable bonds is 3. The van der Waals surface area contributed by atoms with Gasteiger partial charge in [0, 0.05) is 16.1 Å². The lowest BCUT2D eigenvalue weighted by Crippen LogP contribution is -2.26. The molecule has 0 heterocycles. The summed E-state index contributed by atoms with van der Waals surface area (Å²) in [5.74, 6) is 0.883. The van der Waals surface area contributed by atoms with Crippen molar-refractivity contribution < 1.29 is 4.74 Å². The number of hydrogen-bond donors (Lipinski definition) is 1. The summed E-state index contributed by atoms with van der Waals surface area (Å²) in [5, 5.41) is 0. The van der Waals surface area contributed by atoms with Crippen LogP contribution in [0.1, 0.15) is 39.3 Å². The molecule has 0 saturated heterocycles. The highest BCUT2D eigenvalue weighted by molar-refractivity contribution is 9.10. The molecule has 1 atom stereocenters. The first kappa shape index (κ1) is 16.8. The molecule has 0 radical (unpaired) electrons. The van der Waals surface area contributed by atoms with E-state index in [9.17, 15) is 0 Å². The van der Waals surface area contributed by atoms with E-state index in [0.717, 1.165) is 15.8 Å². The summed E-state index contributed by atoms with van der Waals surface area (Å²) >= 11 is 3.47. The topological polar surface area (TPSA) is 35.2 Å². The molecule has 17 heavy (non-hydrogen) atoms. The quantitative estimate of drug-likeness (QED) is 0.899. The molecule has 0 aliphatic heterocycles. The molecule has 0 unspecified atom stereocenters. The van der Waals surface area contributed by atoms with E-state index < -0.39 is 0 Å². The Labute approximate surface area is 118 Å². The monoisotopic (exact) mass is 321 g/mol. The summed E-state index contributed by atoms with van der Waals surface area (Å²) in [5.41, 5.74) is 7.35. The first-order chi connectivity index (χ1) is 7.36. The van der Waals surface area contributed by atoms with Gasteiger partial charge in [-0.1, -0.05) is 36.7 Å². The van der Waals surface area contributed by atoms with Crippen LogP contribution in [0.4, 0.5) is 0 Å². The third-order valence-corrected chi connectivity index (χ3v) is 3.03. The largest absolute Gasteiger partial charge is 0.494 e. The van der Waals surface area contributed by atoms with E-state index in [1.807, 2.05) is 25.1 Å². The van der Waals surface area contributed by atoms with Crippen molar-refractivity contribution in [3.8, 4) is 5.75 Å². The van der Waals surface area contributed by atoms with E-state index in [1.54, 1.807) is 0 Å². The first-order valence-electron chi connectivity index (χ1n) is 5.54. The molecule has 0 spiro atoms. The Balaban J connectivity index is 0.00000256. The zero-order chi connectivity index (χ0) is 12.3. The third-order valence-electron chi connectivity index (χ3n) is 2.54. The number of ether oxygens (including phenoxy) is 1. The minimum Gasteiger partial charge on any atom is -0.494 e. The normalized spacial score (nSPS) is 12.8. The molecule has 1 rings (SSSR count). The molecule has 1 aromatic rings. The average molecular weight is 323 g/mol. The summed E-state index contributed by atoms with van der Waals surface area (Å²) in [6.07, 6.45) is 0. The van der Waals surface area contributed by atoms with Gasteiger partial charge in [0.05, 0.1) is 6.61 Å². The molecular weight excluding hydrogens is 302 g/mol. The smallest absolute Gasteiger partial charge is 0.124 e. The summed E-state index contributed by atoms with van der Waals surface area (Å²) < 4.78 is 6.64. The molecule has 0 aliphatic rings. The second-order valence-corrected chi connectivity index (χ2v) is 5.87. The third kappa shape index (κ3) is 4.49. The van der Waals surface area contributed by atoms with Gasteiger partial charge >= 0.3 is 0 Å². The van der Waals surface area contributed by atoms with Crippen LogP contribution in [0.2, 0.25) is 0 Å². The fourth-order valence-corrected chi connectivity index (χ4v) is 1.89. The Morgan fingerprint density at radius 1 is 1.35 bits per heavy atom. The van der Waals surface area contributed by atoms with Crippen molar-refractivity contribution in [2.24, 2.45) is 11.1 Å². The van der Waals surface area contributed by atoms with Crippen LogP contribution in [0.25, 0.3) is 0 Å². The van der Waals surface area contributed by atoms with Gasteiger partial charge in [-0.15, -0.1) is 12.4 Å². The van der Waals surface area contributed by atoms with E-state index in [-0.39, 0.29) is 23.9 Å². The molecule has 2 N–H and O–H groups in total. The fourth-order valence-electron chi connectivity index (χ4n) is 1.52. The van der Waals surface area contributed by atoms with Crippen molar-refractivity contribution in [1.82, 2.24) is 0 Å². The van der Waals surface area contributed by atoms with Gasteiger partial charge in [-0.05, 0) is 30.5 Å². The molecular formula is C13H21BrClNO. The maximum Gasteiger partial charge on any atom is 0.124 e. The van der Waals surface area contributed by atoms with Crippen LogP contribution in [-0.2, 0) is 0 Å². The Bertz CT molecular complexity index is 363. The minimum atomic E-state index is -0.0356. The van der Waals surface area contributed by atoms with Crippen LogP contribution in [-0.4, -0.2) is 6.61 Å². The van der Waals surface area contributed by atoms with Gasteiger partial charge in [-0.2, -0.15) is 0 Å². The van der Waals surface area contributed by atoms with Crippen molar-refractivity contribution in [3.63, 3.8) is 0 Å². The Morgan fingerprint density at radius 2 is 1.94 bits per heavy atom. The van der Waals surface area contributed by atoms with Crippen molar-refractivity contribution in [2.75, 3.05) is 6.61 Å². The van der Waals surface area contributed by atoms with Crippen molar-refractivity contribution in [2.45, 2.75) is 33.7 Å². The lowest BCUT2D eigenvalue weighted by atomic mass is 9.83.